The average molecular weight is 295 g/mol. The minimum absolute atomic E-state index is 0.137. The fourth-order valence-electron chi connectivity index (χ4n) is 1.73. The highest BCUT2D eigenvalue weighted by atomic mass is 32.2. The van der Waals surface area contributed by atoms with E-state index in [2.05, 4.69) is 5.32 Å². The van der Waals surface area contributed by atoms with Gasteiger partial charge < -0.3 is 10.4 Å². The van der Waals surface area contributed by atoms with Crippen molar-refractivity contribution < 1.29 is 14.7 Å². The van der Waals surface area contributed by atoms with Crippen LogP contribution < -0.4 is 5.32 Å². The number of benzene rings is 1. The molecule has 0 saturated carbocycles. The normalized spacial score (nSPS) is 12.2. The summed E-state index contributed by atoms with van der Waals surface area (Å²) in [5.74, 6) is -1.16. The molecule has 0 saturated heterocycles. The number of thioether (sulfide) groups is 1. The van der Waals surface area contributed by atoms with Gasteiger partial charge in [-0.3, -0.25) is 4.79 Å². The number of carbonyl (C=O) groups is 2. The summed E-state index contributed by atoms with van der Waals surface area (Å²) >= 11 is 1.43. The zero-order valence-electron chi connectivity index (χ0n) is 12.3. The molecule has 0 aliphatic heterocycles. The van der Waals surface area contributed by atoms with Crippen molar-refractivity contribution in [2.45, 2.75) is 38.6 Å². The third-order valence-electron chi connectivity index (χ3n) is 2.95. The highest BCUT2D eigenvalue weighted by Crippen LogP contribution is 2.23. The minimum Gasteiger partial charge on any atom is -0.480 e. The van der Waals surface area contributed by atoms with Gasteiger partial charge in [0.1, 0.15) is 6.04 Å². The molecule has 20 heavy (non-hydrogen) atoms. The molecule has 1 rings (SSSR count). The summed E-state index contributed by atoms with van der Waals surface area (Å²) in [6.45, 7) is 7.55. The van der Waals surface area contributed by atoms with Crippen molar-refractivity contribution in [3.05, 3.63) is 29.3 Å². The monoisotopic (exact) mass is 295 g/mol. The Bertz CT molecular complexity index is 500. The van der Waals surface area contributed by atoms with Crippen molar-refractivity contribution in [2.24, 2.45) is 5.92 Å². The van der Waals surface area contributed by atoms with Crippen molar-refractivity contribution in [3.63, 3.8) is 0 Å². The lowest BCUT2D eigenvalue weighted by atomic mass is 10.1. The van der Waals surface area contributed by atoms with Gasteiger partial charge in [0, 0.05) is 4.90 Å². The Kier molecular flexibility index (Phi) is 6.07. The van der Waals surface area contributed by atoms with E-state index in [9.17, 15) is 9.59 Å². The van der Waals surface area contributed by atoms with E-state index in [1.165, 1.54) is 11.8 Å². The number of nitrogens with one attached hydrogen (secondary N) is 1. The third-order valence-corrected chi connectivity index (χ3v) is 4.11. The molecule has 0 bridgehead atoms. The lowest BCUT2D eigenvalue weighted by Gasteiger charge is -2.17. The molecule has 0 fully saturated rings. The van der Waals surface area contributed by atoms with Gasteiger partial charge in [0.2, 0.25) is 5.91 Å². The van der Waals surface area contributed by atoms with Gasteiger partial charge in [-0.05, 0) is 31.4 Å². The van der Waals surface area contributed by atoms with Crippen LogP contribution in [-0.2, 0) is 9.59 Å². The van der Waals surface area contributed by atoms with Crippen LogP contribution in [0.15, 0.2) is 23.1 Å². The average Bonchev–Trinajstić information content (AvgIpc) is 2.36. The molecule has 1 aromatic rings. The molecule has 0 aromatic heterocycles. The third kappa shape index (κ3) is 4.89. The first-order chi connectivity index (χ1) is 9.31. The Balaban J connectivity index is 2.59. The molecule has 4 nitrogen and oxygen atoms in total. The molecule has 1 aromatic carbocycles. The van der Waals surface area contributed by atoms with Crippen molar-refractivity contribution in [2.75, 3.05) is 5.75 Å². The van der Waals surface area contributed by atoms with Gasteiger partial charge >= 0.3 is 5.97 Å². The van der Waals surface area contributed by atoms with Gasteiger partial charge in [0.25, 0.3) is 0 Å². The standard InChI is InChI=1S/C15H21NO3S/c1-9(2)14(15(18)19)16-13(17)8-20-12-7-10(3)5-6-11(12)4/h5-7,9,14H,8H2,1-4H3,(H,16,17)(H,18,19). The van der Waals surface area contributed by atoms with E-state index in [4.69, 9.17) is 5.11 Å². The Hall–Kier alpha value is -1.49. The number of amides is 1. The molecule has 5 heteroatoms. The molecule has 0 spiro atoms. The molecule has 0 aliphatic carbocycles. The Morgan fingerprint density at radius 2 is 1.95 bits per heavy atom. The fraction of sp³-hybridized carbons (Fsp3) is 0.467. The van der Waals surface area contributed by atoms with Gasteiger partial charge in [0.15, 0.2) is 0 Å². The highest BCUT2D eigenvalue weighted by Gasteiger charge is 2.23. The van der Waals surface area contributed by atoms with Crippen molar-refractivity contribution in [1.29, 1.82) is 0 Å². The van der Waals surface area contributed by atoms with E-state index in [1.807, 2.05) is 32.0 Å². The molecule has 2 N–H and O–H groups in total. The summed E-state index contributed by atoms with van der Waals surface area (Å²) in [4.78, 5) is 23.9. The fourth-order valence-corrected chi connectivity index (χ4v) is 2.67. The van der Waals surface area contributed by atoms with Crippen LogP contribution in [0.5, 0.6) is 0 Å². The van der Waals surface area contributed by atoms with Gasteiger partial charge in [-0.2, -0.15) is 0 Å². The molecular formula is C15H21NO3S. The summed E-state index contributed by atoms with van der Waals surface area (Å²) in [5, 5.41) is 11.6. The van der Waals surface area contributed by atoms with Crippen LogP contribution >= 0.6 is 11.8 Å². The minimum atomic E-state index is -0.995. The van der Waals surface area contributed by atoms with Crippen LogP contribution in [0.2, 0.25) is 0 Å². The first-order valence-electron chi connectivity index (χ1n) is 6.53. The first-order valence-corrected chi connectivity index (χ1v) is 7.52. The molecule has 0 aliphatic rings. The Labute approximate surface area is 124 Å². The maximum absolute atomic E-state index is 11.8. The largest absolute Gasteiger partial charge is 0.480 e. The number of hydrogen-bond donors (Lipinski definition) is 2. The zero-order valence-corrected chi connectivity index (χ0v) is 13.1. The SMILES string of the molecule is Cc1ccc(C)c(SCC(=O)NC(C(=O)O)C(C)C)c1. The maximum Gasteiger partial charge on any atom is 0.326 e. The second-order valence-corrected chi connectivity index (χ2v) is 6.20. The van der Waals surface area contributed by atoms with E-state index in [-0.39, 0.29) is 17.6 Å². The smallest absolute Gasteiger partial charge is 0.326 e. The Morgan fingerprint density at radius 1 is 1.30 bits per heavy atom. The molecule has 0 radical (unpaired) electrons. The molecule has 1 atom stereocenters. The van der Waals surface area contributed by atoms with Gasteiger partial charge in [-0.15, -0.1) is 11.8 Å². The number of rotatable bonds is 6. The molecular weight excluding hydrogens is 274 g/mol. The molecule has 110 valence electrons. The van der Waals surface area contributed by atoms with E-state index in [1.54, 1.807) is 13.8 Å². The predicted molar refractivity (Wildman–Crippen MR) is 81.0 cm³/mol. The molecule has 1 unspecified atom stereocenters. The first kappa shape index (κ1) is 16.6. The summed E-state index contributed by atoms with van der Waals surface area (Å²) in [7, 11) is 0. The Morgan fingerprint density at radius 3 is 2.50 bits per heavy atom. The summed E-state index contributed by atoms with van der Waals surface area (Å²) in [6.07, 6.45) is 0. The van der Waals surface area contributed by atoms with Crippen molar-refractivity contribution in [1.82, 2.24) is 5.32 Å². The number of carboxylic acids is 1. The van der Waals surface area contributed by atoms with E-state index >= 15 is 0 Å². The van der Waals surface area contributed by atoms with Crippen molar-refractivity contribution in [3.8, 4) is 0 Å². The lowest BCUT2D eigenvalue weighted by Crippen LogP contribution is -2.45. The van der Waals surface area contributed by atoms with Crippen LogP contribution in [0.25, 0.3) is 0 Å². The number of aryl methyl sites for hydroxylation is 2. The molecule has 1 amide bonds. The second-order valence-electron chi connectivity index (χ2n) is 5.19. The number of aliphatic carboxylic acids is 1. The second kappa shape index (κ2) is 7.33. The summed E-state index contributed by atoms with van der Waals surface area (Å²) < 4.78 is 0. The van der Waals surface area contributed by atoms with Gasteiger partial charge in [0.05, 0.1) is 5.75 Å². The predicted octanol–water partition coefficient (Wildman–Crippen LogP) is 2.62. The van der Waals surface area contributed by atoms with Crippen LogP contribution in [0.4, 0.5) is 0 Å². The lowest BCUT2D eigenvalue weighted by molar-refractivity contribution is -0.142. The zero-order chi connectivity index (χ0) is 15.3. The highest BCUT2D eigenvalue weighted by molar-refractivity contribution is 8.00. The van der Waals surface area contributed by atoms with Crippen molar-refractivity contribution >= 4 is 23.6 Å². The number of carboxylic acid groups (broad SMARTS) is 1. The maximum atomic E-state index is 11.8. The number of hydrogen-bond acceptors (Lipinski definition) is 3. The van der Waals surface area contributed by atoms with Crippen LogP contribution in [0.3, 0.4) is 0 Å². The number of carbonyl (C=O) groups excluding carboxylic acids is 1. The van der Waals surface area contributed by atoms with Crippen LogP contribution in [0, 0.1) is 19.8 Å². The van der Waals surface area contributed by atoms with E-state index < -0.39 is 12.0 Å². The van der Waals surface area contributed by atoms with Gasteiger partial charge in [-0.25, -0.2) is 4.79 Å². The topological polar surface area (TPSA) is 66.4 Å². The van der Waals surface area contributed by atoms with E-state index in [0.29, 0.717) is 0 Å². The van der Waals surface area contributed by atoms with Crippen LogP contribution in [-0.4, -0.2) is 28.8 Å². The summed E-state index contributed by atoms with van der Waals surface area (Å²) in [6, 6.07) is 5.24. The van der Waals surface area contributed by atoms with Gasteiger partial charge in [-0.1, -0.05) is 31.5 Å². The molecule has 0 heterocycles. The quantitative estimate of drug-likeness (QED) is 0.792. The van der Waals surface area contributed by atoms with Crippen LogP contribution in [0.1, 0.15) is 25.0 Å². The summed E-state index contributed by atoms with van der Waals surface area (Å²) in [5.41, 5.74) is 2.26. The van der Waals surface area contributed by atoms with E-state index in [0.717, 1.165) is 16.0 Å².